The zero-order valence-electron chi connectivity index (χ0n) is 12.4. The van der Waals surface area contributed by atoms with Gasteiger partial charge < -0.3 is 10.6 Å². The van der Waals surface area contributed by atoms with Crippen LogP contribution < -0.4 is 5.73 Å². The molecule has 1 heterocycles. The number of likely N-dealkylation sites (tertiary alicyclic amines) is 1. The molecule has 1 unspecified atom stereocenters. The zero-order chi connectivity index (χ0) is 14.8. The van der Waals surface area contributed by atoms with Gasteiger partial charge >= 0.3 is 0 Å². The van der Waals surface area contributed by atoms with Crippen LogP contribution in [0.15, 0.2) is 18.2 Å². The molecule has 4 heteroatoms. The van der Waals surface area contributed by atoms with Gasteiger partial charge in [-0.1, -0.05) is 36.9 Å². The largest absolute Gasteiger partial charge is 0.399 e. The van der Waals surface area contributed by atoms with E-state index in [0.29, 0.717) is 22.7 Å². The highest BCUT2D eigenvalue weighted by Crippen LogP contribution is 2.31. The van der Waals surface area contributed by atoms with Crippen LogP contribution in [0.1, 0.15) is 44.1 Å². The Balaban J connectivity index is 1.66. The summed E-state index contributed by atoms with van der Waals surface area (Å²) in [5.41, 5.74) is 7.43. The number of halogens is 1. The van der Waals surface area contributed by atoms with Crippen molar-refractivity contribution in [2.24, 2.45) is 5.92 Å². The van der Waals surface area contributed by atoms with Crippen molar-refractivity contribution in [2.45, 2.75) is 51.0 Å². The molecule has 114 valence electrons. The number of nitrogen functional groups attached to an aromatic ring is 1. The topological polar surface area (TPSA) is 46.3 Å². The predicted molar refractivity (Wildman–Crippen MR) is 86.3 cm³/mol. The summed E-state index contributed by atoms with van der Waals surface area (Å²) in [6, 6.07) is 6.07. The van der Waals surface area contributed by atoms with Gasteiger partial charge in [0.25, 0.3) is 0 Å². The maximum absolute atomic E-state index is 12.6. The van der Waals surface area contributed by atoms with E-state index in [2.05, 4.69) is 4.90 Å². The van der Waals surface area contributed by atoms with Crippen molar-refractivity contribution >= 4 is 23.2 Å². The van der Waals surface area contributed by atoms with Gasteiger partial charge in [-0.05, 0) is 43.4 Å². The molecule has 3 rings (SSSR count). The van der Waals surface area contributed by atoms with Crippen molar-refractivity contribution in [2.75, 3.05) is 12.3 Å². The van der Waals surface area contributed by atoms with Crippen LogP contribution in [0.4, 0.5) is 5.69 Å². The molecule has 0 spiro atoms. The molecule has 0 aromatic heterocycles. The van der Waals surface area contributed by atoms with E-state index in [0.717, 1.165) is 24.9 Å². The number of carbonyl (C=O) groups excluding carboxylic acids is 1. The first-order chi connectivity index (χ1) is 10.1. The number of benzene rings is 1. The van der Waals surface area contributed by atoms with Gasteiger partial charge in [-0.15, -0.1) is 0 Å². The fourth-order valence-electron chi connectivity index (χ4n) is 3.70. The summed E-state index contributed by atoms with van der Waals surface area (Å²) in [6.45, 7) is 0.917. The van der Waals surface area contributed by atoms with Crippen LogP contribution >= 0.6 is 11.6 Å². The Kier molecular flexibility index (Phi) is 4.39. The molecule has 0 radical (unpaired) electrons. The van der Waals surface area contributed by atoms with E-state index in [-0.39, 0.29) is 5.92 Å². The Labute approximate surface area is 131 Å². The van der Waals surface area contributed by atoms with Crippen molar-refractivity contribution in [3.05, 3.63) is 28.8 Å². The highest BCUT2D eigenvalue weighted by atomic mass is 35.5. The predicted octanol–water partition coefficient (Wildman–Crippen LogP) is 3.65. The second-order valence-electron chi connectivity index (χ2n) is 6.36. The number of rotatable bonds is 3. The zero-order valence-corrected chi connectivity index (χ0v) is 13.1. The summed E-state index contributed by atoms with van der Waals surface area (Å²) in [5, 5.41) is 0.680. The molecule has 0 bridgehead atoms. The van der Waals surface area contributed by atoms with Crippen LogP contribution in [0.5, 0.6) is 0 Å². The van der Waals surface area contributed by atoms with Crippen molar-refractivity contribution in [1.82, 2.24) is 4.90 Å². The fraction of sp³-hybridized carbons (Fsp3) is 0.588. The Morgan fingerprint density at radius 1 is 1.19 bits per heavy atom. The molecule has 1 saturated carbocycles. The molecule has 3 nitrogen and oxygen atoms in total. The average Bonchev–Trinajstić information content (AvgIpc) is 2.84. The molecule has 1 aromatic rings. The number of nitrogens with two attached hydrogens (primary N) is 1. The summed E-state index contributed by atoms with van der Waals surface area (Å²) in [4.78, 5) is 14.8. The minimum absolute atomic E-state index is 0.0908. The van der Waals surface area contributed by atoms with Crippen LogP contribution in [-0.4, -0.2) is 23.4 Å². The maximum Gasteiger partial charge on any atom is 0.226 e. The summed E-state index contributed by atoms with van der Waals surface area (Å²) in [7, 11) is 0. The Morgan fingerprint density at radius 3 is 2.67 bits per heavy atom. The number of anilines is 1. The Hall–Kier alpha value is -1.22. The first-order valence-corrected chi connectivity index (χ1v) is 8.37. The standard InChI is InChI=1S/C17H23ClN2O/c18-16-11-14(19)7-6-12(16)10-13-8-9-20(17(13)21)15-4-2-1-3-5-15/h6-7,11,13,15H,1-5,8-10,19H2. The maximum atomic E-state index is 12.6. The van der Waals surface area contributed by atoms with Crippen molar-refractivity contribution in [1.29, 1.82) is 0 Å². The summed E-state index contributed by atoms with van der Waals surface area (Å²) >= 11 is 6.24. The van der Waals surface area contributed by atoms with Crippen LogP contribution in [0.25, 0.3) is 0 Å². The van der Waals surface area contributed by atoms with Crippen LogP contribution in [0.3, 0.4) is 0 Å². The summed E-state index contributed by atoms with van der Waals surface area (Å²) in [6.07, 6.45) is 7.91. The fourth-order valence-corrected chi connectivity index (χ4v) is 3.97. The van der Waals surface area contributed by atoms with E-state index in [1.54, 1.807) is 6.07 Å². The molecule has 1 aliphatic heterocycles. The molecule has 1 aliphatic carbocycles. The number of amides is 1. The molecule has 1 saturated heterocycles. The monoisotopic (exact) mass is 306 g/mol. The summed E-state index contributed by atoms with van der Waals surface area (Å²) < 4.78 is 0. The number of carbonyl (C=O) groups is 1. The highest BCUT2D eigenvalue weighted by molar-refractivity contribution is 6.31. The third-order valence-corrected chi connectivity index (χ3v) is 5.26. The van der Waals surface area contributed by atoms with Gasteiger partial charge in [-0.3, -0.25) is 4.79 Å². The lowest BCUT2D eigenvalue weighted by Gasteiger charge is -2.31. The lowest BCUT2D eigenvalue weighted by Crippen LogP contribution is -2.39. The molecule has 2 aliphatic rings. The molecule has 1 aromatic carbocycles. The molecular formula is C17H23ClN2O. The quantitative estimate of drug-likeness (QED) is 0.867. The first-order valence-electron chi connectivity index (χ1n) is 7.99. The third kappa shape index (κ3) is 3.18. The second kappa shape index (κ2) is 6.27. The van der Waals surface area contributed by atoms with Gasteiger partial charge in [0.05, 0.1) is 0 Å². The minimum Gasteiger partial charge on any atom is -0.399 e. The van der Waals surface area contributed by atoms with Gasteiger partial charge in [0.1, 0.15) is 0 Å². The van der Waals surface area contributed by atoms with Crippen molar-refractivity contribution in [3.8, 4) is 0 Å². The van der Waals surface area contributed by atoms with E-state index < -0.39 is 0 Å². The highest BCUT2D eigenvalue weighted by Gasteiger charge is 2.36. The number of hydrogen-bond acceptors (Lipinski definition) is 2. The van der Waals surface area contributed by atoms with Gasteiger partial charge in [0, 0.05) is 29.2 Å². The lowest BCUT2D eigenvalue weighted by atomic mass is 9.94. The van der Waals surface area contributed by atoms with Gasteiger partial charge in [-0.25, -0.2) is 0 Å². The molecule has 21 heavy (non-hydrogen) atoms. The Morgan fingerprint density at radius 2 is 1.95 bits per heavy atom. The van der Waals surface area contributed by atoms with Crippen LogP contribution in [-0.2, 0) is 11.2 Å². The molecule has 1 atom stereocenters. The van der Waals surface area contributed by atoms with E-state index in [1.165, 1.54) is 32.1 Å². The van der Waals surface area contributed by atoms with Crippen LogP contribution in [0, 0.1) is 5.92 Å². The number of hydrogen-bond donors (Lipinski definition) is 1. The SMILES string of the molecule is Nc1ccc(CC2CCN(C3CCCCC3)C2=O)c(Cl)c1. The number of nitrogens with zero attached hydrogens (tertiary/aromatic N) is 1. The van der Waals surface area contributed by atoms with E-state index in [1.807, 2.05) is 12.1 Å². The Bertz CT molecular complexity index is 526. The molecule has 1 amide bonds. The normalized spacial score (nSPS) is 23.8. The first kappa shape index (κ1) is 14.7. The van der Waals surface area contributed by atoms with Crippen molar-refractivity contribution < 1.29 is 4.79 Å². The molecule has 2 N–H and O–H groups in total. The van der Waals surface area contributed by atoms with E-state index >= 15 is 0 Å². The van der Waals surface area contributed by atoms with Gasteiger partial charge in [0.15, 0.2) is 0 Å². The van der Waals surface area contributed by atoms with Gasteiger partial charge in [0.2, 0.25) is 5.91 Å². The molecular weight excluding hydrogens is 284 g/mol. The average molecular weight is 307 g/mol. The van der Waals surface area contributed by atoms with Crippen LogP contribution in [0.2, 0.25) is 5.02 Å². The lowest BCUT2D eigenvalue weighted by molar-refractivity contribution is -0.133. The third-order valence-electron chi connectivity index (χ3n) is 4.91. The van der Waals surface area contributed by atoms with Crippen molar-refractivity contribution in [3.63, 3.8) is 0 Å². The molecule has 2 fully saturated rings. The smallest absolute Gasteiger partial charge is 0.226 e. The van der Waals surface area contributed by atoms with E-state index in [4.69, 9.17) is 17.3 Å². The van der Waals surface area contributed by atoms with Gasteiger partial charge in [-0.2, -0.15) is 0 Å². The second-order valence-corrected chi connectivity index (χ2v) is 6.77. The summed E-state index contributed by atoms with van der Waals surface area (Å²) in [5.74, 6) is 0.419. The minimum atomic E-state index is 0.0908. The van der Waals surface area contributed by atoms with E-state index in [9.17, 15) is 4.79 Å².